The zero-order valence-electron chi connectivity index (χ0n) is 5.33. The third-order valence-electron chi connectivity index (χ3n) is 1.43. The van der Waals surface area contributed by atoms with E-state index in [0.29, 0.717) is 11.5 Å². The van der Waals surface area contributed by atoms with Crippen LogP contribution in [-0.2, 0) is 0 Å². The van der Waals surface area contributed by atoms with Crippen molar-refractivity contribution in [2.45, 2.75) is 21.5 Å². The van der Waals surface area contributed by atoms with Gasteiger partial charge in [0, 0.05) is 11.5 Å². The molecule has 1 aliphatic rings. The van der Waals surface area contributed by atoms with Crippen molar-refractivity contribution < 1.29 is 0 Å². The van der Waals surface area contributed by atoms with Crippen LogP contribution in [0.1, 0.15) is 6.42 Å². The zero-order valence-corrected chi connectivity index (χ0v) is 9.11. The predicted octanol–water partition coefficient (Wildman–Crippen LogP) is 3.90. The van der Waals surface area contributed by atoms with Gasteiger partial charge in [0.1, 0.15) is 4.33 Å². The van der Waals surface area contributed by atoms with E-state index in [1.54, 1.807) is 6.08 Å². The second kappa shape index (κ2) is 3.51. The van der Waals surface area contributed by atoms with Gasteiger partial charge in [-0.2, -0.15) is 0 Å². The number of rotatable bonds is 0. The molecule has 11 heavy (non-hydrogen) atoms. The molecule has 0 saturated carbocycles. The molecule has 0 amide bonds. The molecule has 0 aliphatic heterocycles. The topological polar surface area (TPSA) is 0 Å². The fourth-order valence-corrected chi connectivity index (χ4v) is 2.63. The Morgan fingerprint density at radius 3 is 2.36 bits per heavy atom. The fourth-order valence-electron chi connectivity index (χ4n) is 0.872. The summed E-state index contributed by atoms with van der Waals surface area (Å²) in [7, 11) is 0. The first kappa shape index (κ1) is 10.3. The quantitative estimate of drug-likeness (QED) is 0.575. The van der Waals surface area contributed by atoms with E-state index >= 15 is 0 Å². The number of alkyl halides is 4. The monoisotopic (exact) mass is 252 g/mol. The Kier molecular flexibility index (Phi) is 3.28. The molecule has 0 radical (unpaired) electrons. The summed E-state index contributed by atoms with van der Waals surface area (Å²) in [5.74, 6) is 0. The summed E-state index contributed by atoms with van der Waals surface area (Å²) < 4.78 is -1.04. The lowest BCUT2D eigenvalue weighted by molar-refractivity contribution is 0.688. The summed E-state index contributed by atoms with van der Waals surface area (Å²) in [5.41, 5.74) is 0. The summed E-state index contributed by atoms with van der Waals surface area (Å²) in [6.45, 7) is 0. The van der Waals surface area contributed by atoms with Crippen molar-refractivity contribution in [3.8, 4) is 0 Å². The van der Waals surface area contributed by atoms with E-state index in [2.05, 4.69) is 0 Å². The van der Waals surface area contributed by atoms with Crippen LogP contribution < -0.4 is 0 Å². The summed E-state index contributed by atoms with van der Waals surface area (Å²) in [6, 6.07) is 0. The maximum Gasteiger partial charge on any atom is 0.141 e. The molecular formula is C6H5Cl5. The minimum atomic E-state index is -1.04. The maximum absolute atomic E-state index is 5.84. The van der Waals surface area contributed by atoms with Gasteiger partial charge in [0.05, 0.1) is 10.8 Å². The maximum atomic E-state index is 5.84. The van der Waals surface area contributed by atoms with E-state index in [9.17, 15) is 0 Å². The minimum Gasteiger partial charge on any atom is -0.118 e. The lowest BCUT2D eigenvalue weighted by atomic mass is 10.1. The number of hydrogen-bond donors (Lipinski definition) is 0. The molecule has 0 fully saturated rings. The first-order valence-corrected chi connectivity index (χ1v) is 4.96. The highest BCUT2D eigenvalue weighted by atomic mass is 35.5. The van der Waals surface area contributed by atoms with Crippen LogP contribution in [0.3, 0.4) is 0 Å². The average molecular weight is 254 g/mol. The van der Waals surface area contributed by atoms with Gasteiger partial charge in [-0.15, -0.1) is 23.2 Å². The van der Waals surface area contributed by atoms with Crippen molar-refractivity contribution in [2.75, 3.05) is 0 Å². The summed E-state index contributed by atoms with van der Waals surface area (Å²) in [6.07, 6.45) is 2.01. The highest BCUT2D eigenvalue weighted by Gasteiger charge is 2.41. The van der Waals surface area contributed by atoms with Crippen LogP contribution in [-0.4, -0.2) is 15.1 Å². The van der Waals surface area contributed by atoms with Crippen LogP contribution in [0, 0.1) is 0 Å². The third-order valence-corrected chi connectivity index (χ3v) is 3.80. The zero-order chi connectivity index (χ0) is 8.65. The third kappa shape index (κ3) is 2.32. The molecule has 1 rings (SSSR count). The molecule has 0 saturated heterocycles. The Hall–Kier alpha value is 1.19. The van der Waals surface area contributed by atoms with E-state index in [0.717, 1.165) is 0 Å². The molecule has 0 heterocycles. The molecule has 0 aromatic carbocycles. The molecule has 2 unspecified atom stereocenters. The van der Waals surface area contributed by atoms with Gasteiger partial charge in [-0.05, 0) is 0 Å². The molecule has 1 aliphatic carbocycles. The lowest BCUT2D eigenvalue weighted by Gasteiger charge is -2.31. The average Bonchev–Trinajstić information content (AvgIpc) is 1.81. The van der Waals surface area contributed by atoms with Gasteiger partial charge in [0.25, 0.3) is 0 Å². The van der Waals surface area contributed by atoms with E-state index in [1.807, 2.05) is 0 Å². The van der Waals surface area contributed by atoms with Gasteiger partial charge >= 0.3 is 0 Å². The molecule has 0 nitrogen and oxygen atoms in total. The van der Waals surface area contributed by atoms with Gasteiger partial charge in [-0.3, -0.25) is 0 Å². The standard InChI is InChI=1S/C6H5Cl5/c7-3-1-4(8)5(9)6(10,11)2-3/h1,4-5H,2H2. The van der Waals surface area contributed by atoms with Crippen LogP contribution in [0.2, 0.25) is 0 Å². The molecule has 0 bridgehead atoms. The lowest BCUT2D eigenvalue weighted by Crippen LogP contribution is -2.36. The molecule has 0 spiro atoms. The van der Waals surface area contributed by atoms with Crippen LogP contribution in [0.4, 0.5) is 0 Å². The first-order valence-electron chi connectivity index (χ1n) is 2.95. The summed E-state index contributed by atoms with van der Waals surface area (Å²) in [4.78, 5) is 0. The second-order valence-electron chi connectivity index (χ2n) is 2.40. The molecule has 5 heteroatoms. The van der Waals surface area contributed by atoms with Crippen molar-refractivity contribution in [2.24, 2.45) is 0 Å². The van der Waals surface area contributed by atoms with E-state index in [1.165, 1.54) is 0 Å². The summed E-state index contributed by atoms with van der Waals surface area (Å²) in [5, 5.41) is -0.324. The number of hydrogen-bond acceptors (Lipinski definition) is 0. The van der Waals surface area contributed by atoms with Crippen molar-refractivity contribution in [1.82, 2.24) is 0 Å². The predicted molar refractivity (Wildman–Crippen MR) is 52.3 cm³/mol. The van der Waals surface area contributed by atoms with Crippen molar-refractivity contribution in [3.05, 3.63) is 11.1 Å². The fraction of sp³-hybridized carbons (Fsp3) is 0.667. The van der Waals surface area contributed by atoms with Gasteiger partial charge in [0.2, 0.25) is 0 Å². The van der Waals surface area contributed by atoms with Gasteiger partial charge in [-0.25, -0.2) is 0 Å². The van der Waals surface area contributed by atoms with Crippen molar-refractivity contribution in [3.63, 3.8) is 0 Å². The van der Waals surface area contributed by atoms with Gasteiger partial charge in [-0.1, -0.05) is 40.9 Å². The largest absolute Gasteiger partial charge is 0.141 e. The van der Waals surface area contributed by atoms with E-state index in [-0.39, 0.29) is 0 Å². The van der Waals surface area contributed by atoms with E-state index < -0.39 is 15.1 Å². The first-order chi connectivity index (χ1) is 4.93. The number of halogens is 5. The SMILES string of the molecule is ClC1=CC(Cl)C(Cl)C(Cl)(Cl)C1. The van der Waals surface area contributed by atoms with Crippen molar-refractivity contribution >= 4 is 58.0 Å². The van der Waals surface area contributed by atoms with E-state index in [4.69, 9.17) is 58.0 Å². The minimum absolute atomic E-state index is 0.356. The second-order valence-corrected chi connectivity index (χ2v) is 5.40. The number of allylic oxidation sites excluding steroid dienone is 2. The Morgan fingerprint density at radius 1 is 1.36 bits per heavy atom. The Bertz CT molecular complexity index is 185. The van der Waals surface area contributed by atoms with Crippen LogP contribution in [0.15, 0.2) is 11.1 Å². The normalized spacial score (nSPS) is 36.6. The molecule has 64 valence electrons. The highest BCUT2D eigenvalue weighted by molar-refractivity contribution is 6.54. The van der Waals surface area contributed by atoms with Crippen LogP contribution in [0.25, 0.3) is 0 Å². The molecule has 0 N–H and O–H groups in total. The highest BCUT2D eigenvalue weighted by Crippen LogP contribution is 2.43. The van der Waals surface area contributed by atoms with Gasteiger partial charge < -0.3 is 0 Å². The molecule has 0 aromatic heterocycles. The van der Waals surface area contributed by atoms with Crippen molar-refractivity contribution in [1.29, 1.82) is 0 Å². The van der Waals surface area contributed by atoms with Gasteiger partial charge in [0.15, 0.2) is 0 Å². The van der Waals surface area contributed by atoms with Crippen LogP contribution >= 0.6 is 58.0 Å². The molecule has 0 aromatic rings. The Labute approximate surface area is 90.4 Å². The smallest absolute Gasteiger partial charge is 0.118 e. The molecule has 2 atom stereocenters. The Morgan fingerprint density at radius 2 is 1.91 bits per heavy atom. The Balaban J connectivity index is 2.85. The summed E-state index contributed by atoms with van der Waals surface area (Å²) >= 11 is 29.0. The molecular weight excluding hydrogens is 249 g/mol. The van der Waals surface area contributed by atoms with Crippen LogP contribution in [0.5, 0.6) is 0 Å².